The maximum Gasteiger partial charge on any atom is 0.315 e. The Kier molecular flexibility index (Phi) is 7.47. The van der Waals surface area contributed by atoms with Crippen molar-refractivity contribution < 1.29 is 14.8 Å². The number of hydrogen-bond acceptors (Lipinski definition) is 4. The van der Waals surface area contributed by atoms with Gasteiger partial charge < -0.3 is 15.7 Å². The first-order valence-corrected chi connectivity index (χ1v) is 7.81. The SMILES string of the molecule is CCC(NC(=O)NCCC(O)C(C)C)c1cccc([N+](=O)[O-])c1. The molecule has 2 amide bonds. The number of nitrogens with zero attached hydrogens (tertiary/aromatic N) is 1. The molecule has 0 aliphatic rings. The molecule has 0 bridgehead atoms. The monoisotopic (exact) mass is 323 g/mol. The second-order valence-corrected chi connectivity index (χ2v) is 5.81. The topological polar surface area (TPSA) is 104 Å². The Morgan fingerprint density at radius 3 is 2.65 bits per heavy atom. The molecule has 0 spiro atoms. The fourth-order valence-corrected chi connectivity index (χ4v) is 2.15. The van der Waals surface area contributed by atoms with Gasteiger partial charge >= 0.3 is 6.03 Å². The van der Waals surface area contributed by atoms with E-state index in [4.69, 9.17) is 0 Å². The Bertz CT molecular complexity index is 534. The van der Waals surface area contributed by atoms with Crippen molar-refractivity contribution in [3.05, 3.63) is 39.9 Å². The molecule has 0 saturated carbocycles. The predicted molar refractivity (Wildman–Crippen MR) is 88.1 cm³/mol. The number of hydrogen-bond donors (Lipinski definition) is 3. The third kappa shape index (κ3) is 6.23. The molecule has 128 valence electrons. The van der Waals surface area contributed by atoms with Gasteiger partial charge in [0.2, 0.25) is 0 Å². The van der Waals surface area contributed by atoms with E-state index in [0.717, 1.165) is 0 Å². The van der Waals surface area contributed by atoms with Gasteiger partial charge in [0.15, 0.2) is 0 Å². The Balaban J connectivity index is 2.57. The summed E-state index contributed by atoms with van der Waals surface area (Å²) < 4.78 is 0. The fraction of sp³-hybridized carbons (Fsp3) is 0.562. The first-order valence-electron chi connectivity index (χ1n) is 7.81. The normalized spacial score (nSPS) is 13.4. The Morgan fingerprint density at radius 1 is 1.39 bits per heavy atom. The van der Waals surface area contributed by atoms with Crippen molar-refractivity contribution in [2.45, 2.75) is 45.8 Å². The number of benzene rings is 1. The van der Waals surface area contributed by atoms with Gasteiger partial charge in [-0.1, -0.05) is 32.9 Å². The molecule has 2 unspecified atom stereocenters. The quantitative estimate of drug-likeness (QED) is 0.505. The number of aliphatic hydroxyl groups is 1. The van der Waals surface area contributed by atoms with E-state index in [1.54, 1.807) is 12.1 Å². The minimum Gasteiger partial charge on any atom is -0.393 e. The molecular weight excluding hydrogens is 298 g/mol. The lowest BCUT2D eigenvalue weighted by Gasteiger charge is -2.19. The van der Waals surface area contributed by atoms with Gasteiger partial charge in [-0.25, -0.2) is 4.79 Å². The van der Waals surface area contributed by atoms with Crippen LogP contribution in [0.3, 0.4) is 0 Å². The van der Waals surface area contributed by atoms with Crippen LogP contribution in [0.15, 0.2) is 24.3 Å². The summed E-state index contributed by atoms with van der Waals surface area (Å²) in [5.74, 6) is 0.146. The number of carbonyl (C=O) groups excluding carboxylic acids is 1. The molecule has 0 fully saturated rings. The van der Waals surface area contributed by atoms with Crippen LogP contribution in [-0.4, -0.2) is 28.7 Å². The maximum atomic E-state index is 11.9. The van der Waals surface area contributed by atoms with Crippen LogP contribution in [0.1, 0.15) is 45.2 Å². The van der Waals surface area contributed by atoms with Crippen molar-refractivity contribution >= 4 is 11.7 Å². The molecule has 2 atom stereocenters. The van der Waals surface area contributed by atoms with Gasteiger partial charge in [-0.05, 0) is 24.3 Å². The number of urea groups is 1. The minimum atomic E-state index is -0.455. The van der Waals surface area contributed by atoms with Gasteiger partial charge in [0.1, 0.15) is 0 Å². The van der Waals surface area contributed by atoms with Crippen LogP contribution in [0, 0.1) is 16.0 Å². The van der Waals surface area contributed by atoms with E-state index >= 15 is 0 Å². The van der Waals surface area contributed by atoms with Crippen molar-refractivity contribution in [1.29, 1.82) is 0 Å². The molecule has 0 aliphatic carbocycles. The van der Waals surface area contributed by atoms with Crippen LogP contribution in [0.2, 0.25) is 0 Å². The zero-order valence-corrected chi connectivity index (χ0v) is 13.8. The molecule has 1 rings (SSSR count). The number of nitro groups is 1. The minimum absolute atomic E-state index is 0.00298. The number of nitrogens with one attached hydrogen (secondary N) is 2. The van der Waals surface area contributed by atoms with Crippen LogP contribution in [0.5, 0.6) is 0 Å². The summed E-state index contributed by atoms with van der Waals surface area (Å²) in [6, 6.07) is 5.60. The molecule has 7 heteroatoms. The highest BCUT2D eigenvalue weighted by molar-refractivity contribution is 5.74. The number of non-ortho nitro benzene ring substituents is 1. The number of amides is 2. The van der Waals surface area contributed by atoms with Crippen molar-refractivity contribution in [3.63, 3.8) is 0 Å². The van der Waals surface area contributed by atoms with E-state index in [-0.39, 0.29) is 23.7 Å². The lowest BCUT2D eigenvalue weighted by Crippen LogP contribution is -2.39. The zero-order valence-electron chi connectivity index (χ0n) is 13.8. The third-order valence-electron chi connectivity index (χ3n) is 3.69. The molecule has 0 heterocycles. The molecule has 1 aromatic carbocycles. The highest BCUT2D eigenvalue weighted by Gasteiger charge is 2.16. The summed E-state index contributed by atoms with van der Waals surface area (Å²) in [7, 11) is 0. The van der Waals surface area contributed by atoms with Crippen molar-refractivity contribution in [2.24, 2.45) is 5.92 Å². The van der Waals surface area contributed by atoms with Gasteiger partial charge in [0, 0.05) is 18.7 Å². The van der Waals surface area contributed by atoms with E-state index in [1.807, 2.05) is 20.8 Å². The summed E-state index contributed by atoms with van der Waals surface area (Å²) >= 11 is 0. The van der Waals surface area contributed by atoms with Crippen LogP contribution >= 0.6 is 0 Å². The summed E-state index contributed by atoms with van der Waals surface area (Å²) in [6.07, 6.45) is 0.649. The lowest BCUT2D eigenvalue weighted by atomic mass is 10.0. The first kappa shape index (κ1) is 18.9. The molecule has 1 aromatic rings. The van der Waals surface area contributed by atoms with Crippen LogP contribution in [0.4, 0.5) is 10.5 Å². The molecule has 0 aliphatic heterocycles. The average molecular weight is 323 g/mol. The number of rotatable bonds is 8. The highest BCUT2D eigenvalue weighted by atomic mass is 16.6. The first-order chi connectivity index (χ1) is 10.8. The van der Waals surface area contributed by atoms with Gasteiger partial charge in [0.05, 0.1) is 17.1 Å². The molecule has 0 radical (unpaired) electrons. The van der Waals surface area contributed by atoms with Gasteiger partial charge in [-0.15, -0.1) is 0 Å². The molecule has 7 nitrogen and oxygen atoms in total. The third-order valence-corrected chi connectivity index (χ3v) is 3.69. The number of aliphatic hydroxyl groups excluding tert-OH is 1. The highest BCUT2D eigenvalue weighted by Crippen LogP contribution is 2.21. The van der Waals surface area contributed by atoms with E-state index in [1.165, 1.54) is 12.1 Å². The van der Waals surface area contributed by atoms with Crippen molar-refractivity contribution in [2.75, 3.05) is 6.54 Å². The fourth-order valence-electron chi connectivity index (χ4n) is 2.15. The lowest BCUT2D eigenvalue weighted by molar-refractivity contribution is -0.384. The van der Waals surface area contributed by atoms with Crippen LogP contribution in [-0.2, 0) is 0 Å². The van der Waals surface area contributed by atoms with Gasteiger partial charge in [-0.2, -0.15) is 0 Å². The summed E-state index contributed by atoms with van der Waals surface area (Å²) in [4.78, 5) is 22.3. The Morgan fingerprint density at radius 2 is 2.09 bits per heavy atom. The summed E-state index contributed by atoms with van der Waals surface area (Å²) in [5.41, 5.74) is 0.697. The molecule has 0 saturated heterocycles. The number of nitro benzene ring substituents is 1. The van der Waals surface area contributed by atoms with Crippen LogP contribution in [0.25, 0.3) is 0 Å². The number of carbonyl (C=O) groups is 1. The van der Waals surface area contributed by atoms with Gasteiger partial charge in [0.25, 0.3) is 5.69 Å². The Hall–Kier alpha value is -2.15. The summed E-state index contributed by atoms with van der Waals surface area (Å²) in [6.45, 7) is 6.10. The smallest absolute Gasteiger partial charge is 0.315 e. The van der Waals surface area contributed by atoms with E-state index in [2.05, 4.69) is 10.6 Å². The van der Waals surface area contributed by atoms with E-state index in [9.17, 15) is 20.0 Å². The van der Waals surface area contributed by atoms with E-state index in [0.29, 0.717) is 24.9 Å². The largest absolute Gasteiger partial charge is 0.393 e. The van der Waals surface area contributed by atoms with Gasteiger partial charge in [-0.3, -0.25) is 10.1 Å². The molecule has 23 heavy (non-hydrogen) atoms. The molecule has 3 N–H and O–H groups in total. The second kappa shape index (κ2) is 9.09. The van der Waals surface area contributed by atoms with Crippen LogP contribution < -0.4 is 10.6 Å². The maximum absolute atomic E-state index is 11.9. The summed E-state index contributed by atoms with van der Waals surface area (Å²) in [5, 5.41) is 26.0. The van der Waals surface area contributed by atoms with Crippen molar-refractivity contribution in [3.8, 4) is 0 Å². The predicted octanol–water partition coefficient (Wildman–Crippen LogP) is 2.75. The average Bonchev–Trinajstić information content (AvgIpc) is 2.52. The van der Waals surface area contributed by atoms with Crippen molar-refractivity contribution in [1.82, 2.24) is 10.6 Å². The Labute approximate surface area is 136 Å². The standard InChI is InChI=1S/C16H25N3O4/c1-4-14(12-6-5-7-13(10-12)19(22)23)18-16(21)17-9-8-15(20)11(2)3/h5-7,10-11,14-15,20H,4,8-9H2,1-3H3,(H2,17,18,21). The molecular formula is C16H25N3O4. The molecule has 0 aromatic heterocycles. The zero-order chi connectivity index (χ0) is 17.4. The van der Waals surface area contributed by atoms with E-state index < -0.39 is 11.0 Å². The second-order valence-electron chi connectivity index (χ2n) is 5.81.